The summed E-state index contributed by atoms with van der Waals surface area (Å²) in [5, 5.41) is 18.7. The molecule has 2 aliphatic rings. The van der Waals surface area contributed by atoms with Gasteiger partial charge in [-0.15, -0.1) is 15.7 Å². The van der Waals surface area contributed by atoms with E-state index in [1.807, 2.05) is 0 Å². The highest BCUT2D eigenvalue weighted by molar-refractivity contribution is 7.90. The molecule has 0 atom stereocenters. The van der Waals surface area contributed by atoms with Gasteiger partial charge >= 0.3 is 0 Å². The fourth-order valence-electron chi connectivity index (χ4n) is 4.61. The topological polar surface area (TPSA) is 143 Å². The van der Waals surface area contributed by atoms with Gasteiger partial charge in [-0.05, 0) is 42.7 Å². The Morgan fingerprint density at radius 1 is 1.26 bits per heavy atom. The molecule has 39 heavy (non-hydrogen) atoms. The zero-order valence-corrected chi connectivity index (χ0v) is 22.2. The van der Waals surface area contributed by atoms with Crippen LogP contribution in [0.5, 0.6) is 5.75 Å². The van der Waals surface area contributed by atoms with Crippen LogP contribution in [0.1, 0.15) is 31.7 Å². The summed E-state index contributed by atoms with van der Waals surface area (Å²) >= 11 is 1.20. The molecule has 1 saturated carbocycles. The van der Waals surface area contributed by atoms with Crippen molar-refractivity contribution in [2.45, 2.75) is 37.6 Å². The van der Waals surface area contributed by atoms with Crippen molar-refractivity contribution >= 4 is 54.8 Å². The van der Waals surface area contributed by atoms with Crippen molar-refractivity contribution in [3.8, 4) is 17.0 Å². The first-order chi connectivity index (χ1) is 18.6. The van der Waals surface area contributed by atoms with Gasteiger partial charge in [-0.3, -0.25) is 9.59 Å². The van der Waals surface area contributed by atoms with Crippen molar-refractivity contribution in [1.29, 1.82) is 0 Å². The number of fused-ring (bicyclic) bond motifs is 2. The van der Waals surface area contributed by atoms with Crippen LogP contribution in [0.3, 0.4) is 0 Å². The molecule has 200 valence electrons. The van der Waals surface area contributed by atoms with Crippen molar-refractivity contribution < 1.29 is 22.7 Å². The van der Waals surface area contributed by atoms with E-state index in [2.05, 4.69) is 20.0 Å². The number of aromatic nitrogens is 2. The summed E-state index contributed by atoms with van der Waals surface area (Å²) in [6.07, 6.45) is 2.89. The summed E-state index contributed by atoms with van der Waals surface area (Å²) in [5.74, 6) is -1.27. The minimum atomic E-state index is -4.31. The number of thiazole rings is 1. The van der Waals surface area contributed by atoms with E-state index in [0.717, 1.165) is 25.3 Å². The van der Waals surface area contributed by atoms with Crippen LogP contribution in [-0.4, -0.2) is 34.8 Å². The summed E-state index contributed by atoms with van der Waals surface area (Å²) in [6.45, 7) is 1.70. The average Bonchev–Trinajstić information content (AvgIpc) is 3.59. The molecule has 0 saturated heterocycles. The number of amides is 1. The number of amidine groups is 1. The summed E-state index contributed by atoms with van der Waals surface area (Å²) in [7, 11) is -4.31. The normalized spacial score (nSPS) is 15.9. The summed E-state index contributed by atoms with van der Waals surface area (Å²) in [4.78, 5) is 29.1. The molecule has 10 nitrogen and oxygen atoms in total. The number of carbonyl (C=O) groups is 1. The SMILES string of the molecule is CC(=O)Nc1nc(-c2ccc3c(c2)S(=O)(=O)N=C(c2c(O)c4cc(F)ccc4n(CCC4CC4)c2=O)N3)cs1. The Balaban J connectivity index is 1.44. The number of carbonyl (C=O) groups excluding carboxylic acids is 1. The standard InChI is InChI=1S/C26H22FN5O5S2/c1-13(33)28-26-30-19(12-38-26)15-4-6-18-21(10-15)39(36,37)31-24(29-18)22-23(34)17-11-16(27)5-7-20(17)32(25(22)35)9-8-14-2-3-14/h4-7,10-12,14,34H,2-3,8-9H2,1H3,(H,29,31)(H,28,30,33). The number of nitrogens with zero attached hydrogens (tertiary/aromatic N) is 3. The molecule has 2 aromatic carbocycles. The number of hydrogen-bond acceptors (Lipinski definition) is 8. The zero-order valence-electron chi connectivity index (χ0n) is 20.6. The predicted octanol–water partition coefficient (Wildman–Crippen LogP) is 4.29. The van der Waals surface area contributed by atoms with E-state index < -0.39 is 27.1 Å². The van der Waals surface area contributed by atoms with Crippen molar-refractivity contribution in [2.75, 3.05) is 10.6 Å². The second-order valence-corrected chi connectivity index (χ2v) is 12.0. The quantitative estimate of drug-likeness (QED) is 0.315. The van der Waals surface area contributed by atoms with Crippen LogP contribution in [0.2, 0.25) is 0 Å². The summed E-state index contributed by atoms with van der Waals surface area (Å²) in [5.41, 5.74) is 0.489. The lowest BCUT2D eigenvalue weighted by Crippen LogP contribution is -2.33. The number of pyridine rings is 1. The Hall–Kier alpha value is -4.10. The molecule has 0 bridgehead atoms. The molecule has 4 aromatic rings. The van der Waals surface area contributed by atoms with Crippen LogP contribution in [0.15, 0.2) is 55.9 Å². The number of aromatic hydroxyl groups is 1. The lowest BCUT2D eigenvalue weighted by atomic mass is 10.1. The van der Waals surface area contributed by atoms with E-state index >= 15 is 0 Å². The molecule has 1 aliphatic heterocycles. The fraction of sp³-hybridized carbons (Fsp3) is 0.231. The number of rotatable bonds is 6. The molecule has 6 rings (SSSR count). The second kappa shape index (κ2) is 9.27. The highest BCUT2D eigenvalue weighted by atomic mass is 32.2. The maximum atomic E-state index is 14.1. The average molecular weight is 568 g/mol. The van der Waals surface area contributed by atoms with E-state index in [-0.39, 0.29) is 33.3 Å². The third-order valence-corrected chi connectivity index (χ3v) is 8.78. The van der Waals surface area contributed by atoms with Gasteiger partial charge in [0.15, 0.2) is 11.0 Å². The van der Waals surface area contributed by atoms with Crippen LogP contribution in [-0.2, 0) is 21.4 Å². The first-order valence-corrected chi connectivity index (χ1v) is 14.5. The predicted molar refractivity (Wildman–Crippen MR) is 146 cm³/mol. The number of sulfonamides is 1. The molecule has 1 fully saturated rings. The highest BCUT2D eigenvalue weighted by Gasteiger charge is 2.31. The maximum Gasteiger partial charge on any atom is 0.286 e. The molecule has 0 unspecified atom stereocenters. The minimum absolute atomic E-state index is 0.0851. The molecule has 13 heteroatoms. The number of benzene rings is 2. The number of halogens is 1. The van der Waals surface area contributed by atoms with Crippen LogP contribution in [0.25, 0.3) is 22.2 Å². The smallest absolute Gasteiger partial charge is 0.286 e. The third kappa shape index (κ3) is 4.68. The molecule has 1 aliphatic carbocycles. The monoisotopic (exact) mass is 567 g/mol. The summed E-state index contributed by atoms with van der Waals surface area (Å²) in [6, 6.07) is 8.31. The van der Waals surface area contributed by atoms with Crippen molar-refractivity contribution in [3.63, 3.8) is 0 Å². The first kappa shape index (κ1) is 25.2. The van der Waals surface area contributed by atoms with Crippen LogP contribution in [0.4, 0.5) is 15.2 Å². The van der Waals surface area contributed by atoms with E-state index in [1.54, 1.807) is 11.4 Å². The van der Waals surface area contributed by atoms with Crippen LogP contribution in [0, 0.1) is 11.7 Å². The van der Waals surface area contributed by atoms with Gasteiger partial charge in [0.1, 0.15) is 22.0 Å². The van der Waals surface area contributed by atoms with Crippen molar-refractivity contribution in [3.05, 3.63) is 63.5 Å². The molecule has 0 spiro atoms. The van der Waals surface area contributed by atoms with Gasteiger partial charge in [-0.2, -0.15) is 8.42 Å². The van der Waals surface area contributed by atoms with Gasteiger partial charge < -0.3 is 20.3 Å². The van der Waals surface area contributed by atoms with Gasteiger partial charge in [0.05, 0.1) is 16.9 Å². The van der Waals surface area contributed by atoms with Gasteiger partial charge in [-0.1, -0.05) is 18.9 Å². The van der Waals surface area contributed by atoms with E-state index in [0.29, 0.717) is 34.4 Å². The van der Waals surface area contributed by atoms with Gasteiger partial charge in [0.2, 0.25) is 5.91 Å². The van der Waals surface area contributed by atoms with Crippen molar-refractivity contribution in [1.82, 2.24) is 9.55 Å². The Bertz CT molecular complexity index is 1880. The van der Waals surface area contributed by atoms with E-state index in [4.69, 9.17) is 0 Å². The molecule has 2 aromatic heterocycles. The van der Waals surface area contributed by atoms with E-state index in [9.17, 15) is 27.5 Å². The second-order valence-electron chi connectivity index (χ2n) is 9.54. The lowest BCUT2D eigenvalue weighted by Gasteiger charge is -2.21. The Labute approximate surface area is 225 Å². The molecule has 1 amide bonds. The molecular weight excluding hydrogens is 545 g/mol. The molecule has 3 heterocycles. The maximum absolute atomic E-state index is 14.1. The Morgan fingerprint density at radius 3 is 2.79 bits per heavy atom. The number of nitrogens with one attached hydrogen (secondary N) is 2. The number of hydrogen-bond donors (Lipinski definition) is 3. The molecule has 0 radical (unpaired) electrons. The Morgan fingerprint density at radius 2 is 2.05 bits per heavy atom. The molecule has 3 N–H and O–H groups in total. The fourth-order valence-corrected chi connectivity index (χ4v) is 6.52. The van der Waals surface area contributed by atoms with Gasteiger partial charge in [0, 0.05) is 29.8 Å². The highest BCUT2D eigenvalue weighted by Crippen LogP contribution is 2.37. The lowest BCUT2D eigenvalue weighted by molar-refractivity contribution is -0.114. The largest absolute Gasteiger partial charge is 0.506 e. The van der Waals surface area contributed by atoms with Gasteiger partial charge in [0.25, 0.3) is 15.6 Å². The third-order valence-electron chi connectivity index (χ3n) is 6.70. The molecular formula is C26H22FN5O5S2. The number of anilines is 2. The first-order valence-electron chi connectivity index (χ1n) is 12.2. The minimum Gasteiger partial charge on any atom is -0.506 e. The van der Waals surface area contributed by atoms with Crippen molar-refractivity contribution in [2.24, 2.45) is 10.3 Å². The Kier molecular flexibility index (Phi) is 5.99. The summed E-state index contributed by atoms with van der Waals surface area (Å²) < 4.78 is 46.0. The van der Waals surface area contributed by atoms with Gasteiger partial charge in [-0.25, -0.2) is 9.37 Å². The van der Waals surface area contributed by atoms with Crippen LogP contribution < -0.4 is 16.2 Å². The number of aryl methyl sites for hydroxylation is 1. The van der Waals surface area contributed by atoms with Crippen LogP contribution >= 0.6 is 11.3 Å². The van der Waals surface area contributed by atoms with E-state index in [1.165, 1.54) is 47.1 Å². The zero-order chi connectivity index (χ0) is 27.5.